The number of benzene rings is 3. The molecule has 8 heteroatoms. The summed E-state index contributed by atoms with van der Waals surface area (Å²) >= 11 is 3.40. The molecule has 0 aromatic heterocycles. The molecule has 1 atom stereocenters. The van der Waals surface area contributed by atoms with E-state index in [4.69, 9.17) is 14.2 Å². The number of anilines is 1. The van der Waals surface area contributed by atoms with E-state index in [1.807, 2.05) is 6.92 Å². The number of hydrogen-bond acceptors (Lipinski definition) is 6. The lowest BCUT2D eigenvalue weighted by Crippen LogP contribution is -2.29. The minimum atomic E-state index is -0.951. The molecule has 3 aromatic rings. The summed E-state index contributed by atoms with van der Waals surface area (Å²) in [5.41, 5.74) is 1.33. The maximum absolute atomic E-state index is 13.4. The largest absolute Gasteiger partial charge is 0.507 e. The van der Waals surface area contributed by atoms with Crippen LogP contribution in [0.25, 0.3) is 5.76 Å². The Bertz CT molecular complexity index is 1280. The highest BCUT2D eigenvalue weighted by Gasteiger charge is 2.48. The van der Waals surface area contributed by atoms with Crippen LogP contribution >= 0.6 is 15.9 Å². The van der Waals surface area contributed by atoms with Gasteiger partial charge >= 0.3 is 0 Å². The molecule has 0 spiro atoms. The van der Waals surface area contributed by atoms with Gasteiger partial charge in [-0.1, -0.05) is 15.9 Å². The summed E-state index contributed by atoms with van der Waals surface area (Å²) in [7, 11) is 3.03. The van der Waals surface area contributed by atoms with Gasteiger partial charge < -0.3 is 19.3 Å². The summed E-state index contributed by atoms with van der Waals surface area (Å²) in [6.07, 6.45) is 0. The van der Waals surface area contributed by atoms with Crippen molar-refractivity contribution >= 4 is 39.1 Å². The number of carbonyl (C=O) groups excluding carboxylic acids is 2. The van der Waals surface area contributed by atoms with Crippen LogP contribution in [0.1, 0.15) is 24.1 Å². The van der Waals surface area contributed by atoms with E-state index in [0.29, 0.717) is 40.7 Å². The molecule has 4 rings (SSSR count). The van der Waals surface area contributed by atoms with Crippen molar-refractivity contribution < 1.29 is 28.9 Å². The summed E-state index contributed by atoms with van der Waals surface area (Å²) in [5.74, 6) is -0.254. The van der Waals surface area contributed by atoms with E-state index in [1.54, 1.807) is 66.7 Å². The molecule has 1 aliphatic heterocycles. The van der Waals surface area contributed by atoms with Crippen molar-refractivity contribution in [2.24, 2.45) is 0 Å². The lowest BCUT2D eigenvalue weighted by atomic mass is 9.94. The number of nitrogens with zero attached hydrogens (tertiary/aromatic N) is 1. The SMILES string of the molecule is CCOc1ccc(C(O)=C2C(=O)C(=O)N(c3ccc(Br)cc3)[C@H]2c2cc(OC)ccc2OC)cc1. The fourth-order valence-corrected chi connectivity index (χ4v) is 4.34. The lowest BCUT2D eigenvalue weighted by Gasteiger charge is -2.27. The maximum atomic E-state index is 13.4. The molecule has 1 aliphatic rings. The highest BCUT2D eigenvalue weighted by Crippen LogP contribution is 2.46. The van der Waals surface area contributed by atoms with Crippen LogP contribution in [0.3, 0.4) is 0 Å². The van der Waals surface area contributed by atoms with Crippen molar-refractivity contribution in [1.29, 1.82) is 0 Å². The second kappa shape index (κ2) is 10.2. The summed E-state index contributed by atoms with van der Waals surface area (Å²) in [5, 5.41) is 11.3. The van der Waals surface area contributed by atoms with E-state index in [-0.39, 0.29) is 11.3 Å². The van der Waals surface area contributed by atoms with Gasteiger partial charge in [0.15, 0.2) is 0 Å². The third-order valence-corrected chi connectivity index (χ3v) is 6.25. The Hall–Kier alpha value is -3.78. The topological polar surface area (TPSA) is 85.3 Å². The van der Waals surface area contributed by atoms with E-state index in [1.165, 1.54) is 19.1 Å². The summed E-state index contributed by atoms with van der Waals surface area (Å²) in [4.78, 5) is 28.1. The maximum Gasteiger partial charge on any atom is 0.300 e. The zero-order valence-electron chi connectivity index (χ0n) is 19.4. The Morgan fingerprint density at radius 2 is 1.60 bits per heavy atom. The Morgan fingerprint density at radius 1 is 0.943 bits per heavy atom. The van der Waals surface area contributed by atoms with Gasteiger partial charge in [0.05, 0.1) is 32.4 Å². The molecule has 0 saturated carbocycles. The number of carbonyl (C=O) groups is 2. The lowest BCUT2D eigenvalue weighted by molar-refractivity contribution is -0.132. The van der Waals surface area contributed by atoms with Crippen molar-refractivity contribution in [1.82, 2.24) is 0 Å². The minimum absolute atomic E-state index is 0.0476. The second-order valence-electron chi connectivity index (χ2n) is 7.71. The van der Waals surface area contributed by atoms with Crippen molar-refractivity contribution in [3.05, 3.63) is 87.9 Å². The number of Topliss-reactive ketones (excluding diaryl/α,β-unsaturated/α-hetero) is 1. The molecule has 3 aromatic carbocycles. The van der Waals surface area contributed by atoms with Crippen molar-refractivity contribution in [3.63, 3.8) is 0 Å². The quantitative estimate of drug-likeness (QED) is 0.243. The van der Waals surface area contributed by atoms with Crippen LogP contribution < -0.4 is 19.1 Å². The van der Waals surface area contributed by atoms with E-state index < -0.39 is 17.7 Å². The van der Waals surface area contributed by atoms with Gasteiger partial charge in [-0.15, -0.1) is 0 Å². The summed E-state index contributed by atoms with van der Waals surface area (Å²) in [6, 6.07) is 17.9. The smallest absolute Gasteiger partial charge is 0.300 e. The molecule has 7 nitrogen and oxygen atoms in total. The molecule has 1 heterocycles. The number of halogens is 1. The Balaban J connectivity index is 1.95. The fraction of sp³-hybridized carbons (Fsp3) is 0.185. The van der Waals surface area contributed by atoms with Crippen LogP contribution in [0.5, 0.6) is 17.2 Å². The normalized spacial score (nSPS) is 16.9. The third kappa shape index (κ3) is 4.61. The number of ketones is 1. The number of hydrogen-bond donors (Lipinski definition) is 1. The highest BCUT2D eigenvalue weighted by molar-refractivity contribution is 9.10. The zero-order chi connectivity index (χ0) is 25.1. The first kappa shape index (κ1) is 24.3. The molecule has 1 fully saturated rings. The van der Waals surface area contributed by atoms with Crippen molar-refractivity contribution in [3.8, 4) is 17.2 Å². The van der Waals surface area contributed by atoms with Crippen LogP contribution in [-0.2, 0) is 9.59 Å². The van der Waals surface area contributed by atoms with E-state index in [9.17, 15) is 14.7 Å². The molecule has 0 unspecified atom stereocenters. The van der Waals surface area contributed by atoms with Gasteiger partial charge in [0.1, 0.15) is 23.0 Å². The number of amides is 1. The molecule has 180 valence electrons. The molecule has 0 radical (unpaired) electrons. The van der Waals surface area contributed by atoms with Gasteiger partial charge in [-0.3, -0.25) is 14.5 Å². The van der Waals surface area contributed by atoms with Gasteiger partial charge in [-0.25, -0.2) is 0 Å². The monoisotopic (exact) mass is 537 g/mol. The molecule has 35 heavy (non-hydrogen) atoms. The van der Waals surface area contributed by atoms with Gasteiger partial charge in [0.25, 0.3) is 11.7 Å². The third-order valence-electron chi connectivity index (χ3n) is 5.72. The average Bonchev–Trinajstić information content (AvgIpc) is 3.14. The molecule has 0 aliphatic carbocycles. The van der Waals surface area contributed by atoms with Crippen LogP contribution in [0, 0.1) is 0 Å². The van der Waals surface area contributed by atoms with Gasteiger partial charge in [0.2, 0.25) is 0 Å². The average molecular weight is 538 g/mol. The zero-order valence-corrected chi connectivity index (χ0v) is 21.0. The van der Waals surface area contributed by atoms with Crippen molar-refractivity contribution in [2.75, 3.05) is 25.7 Å². The Labute approximate surface area is 211 Å². The van der Waals surface area contributed by atoms with Crippen molar-refractivity contribution in [2.45, 2.75) is 13.0 Å². The van der Waals surface area contributed by atoms with Gasteiger partial charge in [-0.2, -0.15) is 0 Å². The molecule has 1 saturated heterocycles. The standard InChI is InChI=1S/C27H24BrNO6/c1-4-35-19-11-5-16(6-12-19)25(30)23-24(21-15-20(33-2)13-14-22(21)34-3)29(27(32)26(23)31)18-9-7-17(28)8-10-18/h5-15,24,30H,4H2,1-3H3/t24-/m0/s1. The predicted molar refractivity (Wildman–Crippen MR) is 136 cm³/mol. The second-order valence-corrected chi connectivity index (χ2v) is 8.63. The van der Waals surface area contributed by atoms with Gasteiger partial charge in [-0.05, 0) is 73.7 Å². The number of ether oxygens (including phenoxy) is 3. The first-order valence-corrected chi connectivity index (χ1v) is 11.7. The first-order valence-electron chi connectivity index (χ1n) is 10.9. The predicted octanol–water partition coefficient (Wildman–Crippen LogP) is 5.49. The molecular formula is C27H24BrNO6. The van der Waals surface area contributed by atoms with E-state index in [0.717, 1.165) is 4.47 Å². The Morgan fingerprint density at radius 3 is 2.20 bits per heavy atom. The van der Waals surface area contributed by atoms with Crippen LogP contribution in [0.15, 0.2) is 76.8 Å². The fourth-order valence-electron chi connectivity index (χ4n) is 4.08. The number of aliphatic hydroxyl groups is 1. The number of methoxy groups -OCH3 is 2. The van der Waals surface area contributed by atoms with Gasteiger partial charge in [0, 0.05) is 21.3 Å². The molecular weight excluding hydrogens is 514 g/mol. The summed E-state index contributed by atoms with van der Waals surface area (Å²) < 4.78 is 17.3. The first-order chi connectivity index (χ1) is 16.9. The molecule has 1 amide bonds. The summed E-state index contributed by atoms with van der Waals surface area (Å²) in [6.45, 7) is 2.37. The number of aliphatic hydroxyl groups excluding tert-OH is 1. The highest BCUT2D eigenvalue weighted by atomic mass is 79.9. The van der Waals surface area contributed by atoms with Crippen LogP contribution in [0.4, 0.5) is 5.69 Å². The Kier molecular flexibility index (Phi) is 7.12. The van der Waals surface area contributed by atoms with E-state index >= 15 is 0 Å². The number of rotatable bonds is 7. The minimum Gasteiger partial charge on any atom is -0.507 e. The van der Waals surface area contributed by atoms with Crippen LogP contribution in [-0.4, -0.2) is 37.6 Å². The molecule has 1 N–H and O–H groups in total. The van der Waals surface area contributed by atoms with E-state index in [2.05, 4.69) is 15.9 Å². The van der Waals surface area contributed by atoms with Crippen LogP contribution in [0.2, 0.25) is 0 Å². The molecule has 0 bridgehead atoms.